The van der Waals surface area contributed by atoms with Crippen LogP contribution in [0.2, 0.25) is 10.2 Å². The zero-order chi connectivity index (χ0) is 15.7. The van der Waals surface area contributed by atoms with Crippen LogP contribution in [0.5, 0.6) is 0 Å². The largest absolute Gasteiger partial charge is 0.443 e. The molecule has 0 saturated carbocycles. The fourth-order valence-electron chi connectivity index (χ4n) is 1.92. The highest BCUT2D eigenvalue weighted by Gasteiger charge is 2.14. The molecule has 0 fully saturated rings. The quantitative estimate of drug-likeness (QED) is 0.736. The topological polar surface area (TPSA) is 55.6 Å². The number of carbonyl (C=O) groups excluding carboxylic acids is 1. The number of hydrogen-bond donors (Lipinski definition) is 1. The molecule has 22 heavy (non-hydrogen) atoms. The maximum absolute atomic E-state index is 11.8. The molecule has 0 aliphatic rings. The van der Waals surface area contributed by atoms with Gasteiger partial charge in [0.05, 0.1) is 0 Å². The Labute approximate surface area is 140 Å². The lowest BCUT2D eigenvalue weighted by Gasteiger charge is -2.07. The normalized spacial score (nSPS) is 10.9. The zero-order valence-electron chi connectivity index (χ0n) is 11.5. The van der Waals surface area contributed by atoms with Crippen molar-refractivity contribution in [2.24, 2.45) is 0 Å². The molecule has 0 aliphatic heterocycles. The Morgan fingerprint density at radius 1 is 1.36 bits per heavy atom. The summed E-state index contributed by atoms with van der Waals surface area (Å²) in [5, 5.41) is 3.55. The van der Waals surface area contributed by atoms with Crippen molar-refractivity contribution in [2.45, 2.75) is 13.5 Å². The molecule has 5 nitrogen and oxygen atoms in total. The van der Waals surface area contributed by atoms with Gasteiger partial charge in [0.2, 0.25) is 0 Å². The molecular weight excluding hydrogens is 345 g/mol. The second kappa shape index (κ2) is 6.16. The van der Waals surface area contributed by atoms with Gasteiger partial charge in [-0.1, -0.05) is 23.2 Å². The number of rotatable bonds is 3. The highest BCUT2D eigenvalue weighted by atomic mass is 35.5. The third-order valence-corrected chi connectivity index (χ3v) is 4.38. The van der Waals surface area contributed by atoms with Crippen molar-refractivity contribution < 1.29 is 9.53 Å². The minimum absolute atomic E-state index is 0.0373. The van der Waals surface area contributed by atoms with E-state index in [0.29, 0.717) is 21.6 Å². The van der Waals surface area contributed by atoms with Crippen molar-refractivity contribution in [3.63, 3.8) is 0 Å². The van der Waals surface area contributed by atoms with Crippen molar-refractivity contribution in [1.82, 2.24) is 9.38 Å². The van der Waals surface area contributed by atoms with Crippen LogP contribution in [0.25, 0.3) is 4.96 Å². The smallest absolute Gasteiger partial charge is 0.412 e. The molecule has 0 radical (unpaired) electrons. The molecule has 0 aliphatic carbocycles. The fraction of sp³-hybridized carbons (Fsp3) is 0.143. The van der Waals surface area contributed by atoms with Crippen LogP contribution in [0.15, 0.2) is 30.5 Å². The first-order valence-electron chi connectivity index (χ1n) is 6.35. The van der Waals surface area contributed by atoms with E-state index < -0.39 is 6.09 Å². The van der Waals surface area contributed by atoms with Crippen molar-refractivity contribution in [3.8, 4) is 0 Å². The highest BCUT2D eigenvalue weighted by molar-refractivity contribution is 7.17. The van der Waals surface area contributed by atoms with Gasteiger partial charge in [0.15, 0.2) is 10.1 Å². The predicted octanol–water partition coefficient (Wildman–Crippen LogP) is 4.76. The first-order valence-corrected chi connectivity index (χ1v) is 7.92. The Balaban J connectivity index is 1.67. The molecule has 114 valence electrons. The lowest BCUT2D eigenvalue weighted by molar-refractivity contribution is 0.153. The lowest BCUT2D eigenvalue weighted by atomic mass is 10.3. The Morgan fingerprint density at radius 2 is 2.09 bits per heavy atom. The van der Waals surface area contributed by atoms with E-state index in [0.717, 1.165) is 9.84 Å². The molecule has 1 N–H and O–H groups in total. The standard InChI is InChI=1S/C14H11Cl2N3O2S/c1-8-6-19-11(12(16)18-13(19)22-8)7-21-14(20)17-10-4-2-9(15)3-5-10/h2-6H,7H2,1H3,(H,17,20). The van der Waals surface area contributed by atoms with Crippen molar-refractivity contribution in [3.05, 3.63) is 51.2 Å². The summed E-state index contributed by atoms with van der Waals surface area (Å²) in [6, 6.07) is 6.75. The summed E-state index contributed by atoms with van der Waals surface area (Å²) in [7, 11) is 0. The number of hydrogen-bond acceptors (Lipinski definition) is 4. The number of aromatic nitrogens is 2. The first-order chi connectivity index (χ1) is 10.5. The minimum atomic E-state index is -0.569. The number of imidazole rings is 1. The zero-order valence-corrected chi connectivity index (χ0v) is 13.8. The molecule has 0 saturated heterocycles. The number of aryl methyl sites for hydroxylation is 1. The number of carbonyl (C=O) groups is 1. The summed E-state index contributed by atoms with van der Waals surface area (Å²) >= 11 is 13.4. The van der Waals surface area contributed by atoms with Gasteiger partial charge in [-0.3, -0.25) is 9.72 Å². The predicted molar refractivity (Wildman–Crippen MR) is 88.1 cm³/mol. The summed E-state index contributed by atoms with van der Waals surface area (Å²) in [6.07, 6.45) is 1.34. The number of nitrogens with zero attached hydrogens (tertiary/aromatic N) is 2. The van der Waals surface area contributed by atoms with Crippen LogP contribution in [-0.4, -0.2) is 15.5 Å². The number of anilines is 1. The molecule has 0 bridgehead atoms. The average Bonchev–Trinajstić information content (AvgIpc) is 2.94. The maximum Gasteiger partial charge on any atom is 0.412 e. The summed E-state index contributed by atoms with van der Waals surface area (Å²) in [6.45, 7) is 2.01. The van der Waals surface area contributed by atoms with E-state index in [2.05, 4.69) is 10.3 Å². The Morgan fingerprint density at radius 3 is 2.82 bits per heavy atom. The molecule has 1 aromatic carbocycles. The third-order valence-electron chi connectivity index (χ3n) is 2.92. The van der Waals surface area contributed by atoms with Crippen molar-refractivity contribution >= 4 is 51.3 Å². The van der Waals surface area contributed by atoms with Crippen molar-refractivity contribution in [2.75, 3.05) is 5.32 Å². The molecule has 0 spiro atoms. The summed E-state index contributed by atoms with van der Waals surface area (Å²) in [5.74, 6) is 0. The second-order valence-electron chi connectivity index (χ2n) is 4.55. The molecule has 3 aromatic rings. The summed E-state index contributed by atoms with van der Waals surface area (Å²) < 4.78 is 7.03. The number of nitrogens with one attached hydrogen (secondary N) is 1. The molecule has 0 atom stereocenters. The van der Waals surface area contributed by atoms with E-state index in [9.17, 15) is 4.79 Å². The lowest BCUT2D eigenvalue weighted by Crippen LogP contribution is -2.14. The Hall–Kier alpha value is -1.76. The third kappa shape index (κ3) is 3.19. The fourth-order valence-corrected chi connectivity index (χ4v) is 3.17. The van der Waals surface area contributed by atoms with Crippen LogP contribution in [0.3, 0.4) is 0 Å². The van der Waals surface area contributed by atoms with E-state index in [1.165, 1.54) is 11.3 Å². The molecule has 8 heteroatoms. The van der Waals surface area contributed by atoms with Gasteiger partial charge in [-0.25, -0.2) is 9.78 Å². The molecule has 0 unspecified atom stereocenters. The van der Waals surface area contributed by atoms with Crippen molar-refractivity contribution in [1.29, 1.82) is 0 Å². The maximum atomic E-state index is 11.8. The number of ether oxygens (including phenoxy) is 1. The van der Waals surface area contributed by atoms with Gasteiger partial charge in [-0.15, -0.1) is 11.3 Å². The molecule has 3 rings (SSSR count). The van der Waals surface area contributed by atoms with Crippen LogP contribution in [0, 0.1) is 6.92 Å². The highest BCUT2D eigenvalue weighted by Crippen LogP contribution is 2.24. The van der Waals surface area contributed by atoms with Gasteiger partial charge < -0.3 is 4.74 Å². The molecular formula is C14H11Cl2N3O2S. The summed E-state index contributed by atoms with van der Waals surface area (Å²) in [5.41, 5.74) is 1.25. The van der Waals surface area contributed by atoms with Crippen LogP contribution in [0.4, 0.5) is 10.5 Å². The van der Waals surface area contributed by atoms with Crippen LogP contribution in [0.1, 0.15) is 10.6 Å². The first kappa shape index (κ1) is 15.1. The minimum Gasteiger partial charge on any atom is -0.443 e. The van der Waals surface area contributed by atoms with E-state index in [-0.39, 0.29) is 6.61 Å². The number of amides is 1. The molecule has 1 amide bonds. The summed E-state index contributed by atoms with van der Waals surface area (Å²) in [4.78, 5) is 17.9. The van der Waals surface area contributed by atoms with Gasteiger partial charge in [0, 0.05) is 21.8 Å². The Kier molecular flexibility index (Phi) is 4.24. The van der Waals surface area contributed by atoms with E-state index in [1.54, 1.807) is 24.3 Å². The number of fused-ring (bicyclic) bond motifs is 1. The van der Waals surface area contributed by atoms with Crippen LogP contribution in [-0.2, 0) is 11.3 Å². The molecule has 2 heterocycles. The average molecular weight is 356 g/mol. The van der Waals surface area contributed by atoms with E-state index in [1.807, 2.05) is 17.5 Å². The van der Waals surface area contributed by atoms with Gasteiger partial charge in [-0.05, 0) is 31.2 Å². The van der Waals surface area contributed by atoms with Crippen LogP contribution >= 0.6 is 34.5 Å². The van der Waals surface area contributed by atoms with Gasteiger partial charge in [0.25, 0.3) is 0 Å². The van der Waals surface area contributed by atoms with Crippen LogP contribution < -0.4 is 5.32 Å². The second-order valence-corrected chi connectivity index (χ2v) is 6.56. The van der Waals surface area contributed by atoms with E-state index >= 15 is 0 Å². The Bertz CT molecular complexity index is 827. The monoisotopic (exact) mass is 355 g/mol. The van der Waals surface area contributed by atoms with E-state index in [4.69, 9.17) is 27.9 Å². The molecule has 2 aromatic heterocycles. The number of halogens is 2. The number of benzene rings is 1. The SMILES string of the molecule is Cc1cn2c(COC(=O)Nc3ccc(Cl)cc3)c(Cl)nc2s1. The van der Waals surface area contributed by atoms with Gasteiger partial charge in [-0.2, -0.15) is 0 Å². The van der Waals surface area contributed by atoms with Gasteiger partial charge >= 0.3 is 6.09 Å². The number of thiazole rings is 1. The van der Waals surface area contributed by atoms with Gasteiger partial charge in [0.1, 0.15) is 12.3 Å².